The van der Waals surface area contributed by atoms with Gasteiger partial charge in [0.25, 0.3) is 0 Å². The van der Waals surface area contributed by atoms with Crippen molar-refractivity contribution in [2.75, 3.05) is 0 Å². The lowest BCUT2D eigenvalue weighted by Gasteiger charge is -2.19. The summed E-state index contributed by atoms with van der Waals surface area (Å²) in [4.78, 5) is 37.8. The van der Waals surface area contributed by atoms with Crippen LogP contribution < -0.4 is 26.0 Å². The number of aryl methyl sites for hydroxylation is 1. The molecular formula is C44H32F6O6P2. The van der Waals surface area contributed by atoms with Gasteiger partial charge < -0.3 is 13.9 Å². The van der Waals surface area contributed by atoms with Crippen LogP contribution in [0.2, 0.25) is 0 Å². The minimum atomic E-state index is -4.62. The number of carbonyl (C=O) groups excluding carboxylic acids is 3. The second-order valence-corrected chi connectivity index (χ2v) is 17.9. The molecule has 0 aromatic heterocycles. The maximum absolute atomic E-state index is 14.0. The Labute approximate surface area is 329 Å². The number of rotatable bonds is 10. The molecule has 0 aliphatic carbocycles. The summed E-state index contributed by atoms with van der Waals surface area (Å²) in [6, 6.07) is 36.1. The van der Waals surface area contributed by atoms with Crippen LogP contribution in [0.1, 0.15) is 37.4 Å². The predicted molar refractivity (Wildman–Crippen MR) is 212 cm³/mol. The van der Waals surface area contributed by atoms with Gasteiger partial charge in [0.2, 0.25) is 25.3 Å². The van der Waals surface area contributed by atoms with Crippen LogP contribution in [0.5, 0.6) is 5.75 Å². The average molecular weight is 833 g/mol. The molecule has 0 saturated carbocycles. The van der Waals surface area contributed by atoms with Gasteiger partial charge in [-0.05, 0) is 55.5 Å². The molecule has 6 aromatic rings. The highest BCUT2D eigenvalue weighted by molar-refractivity contribution is 7.94. The van der Waals surface area contributed by atoms with E-state index in [1.165, 1.54) is 36.4 Å². The van der Waals surface area contributed by atoms with E-state index in [0.29, 0.717) is 22.7 Å². The van der Waals surface area contributed by atoms with E-state index in [2.05, 4.69) is 6.58 Å². The van der Waals surface area contributed by atoms with Gasteiger partial charge in [0.05, 0.1) is 11.1 Å². The molecule has 1 unspecified atom stereocenters. The van der Waals surface area contributed by atoms with Gasteiger partial charge in [0.1, 0.15) is 5.75 Å². The maximum Gasteiger partial charge on any atom is 0.416 e. The lowest BCUT2D eigenvalue weighted by atomic mass is 10.1. The Kier molecular flexibility index (Phi) is 13.1. The molecule has 6 rings (SSSR count). The molecule has 0 aliphatic heterocycles. The van der Waals surface area contributed by atoms with Gasteiger partial charge in [-0.1, -0.05) is 121 Å². The summed E-state index contributed by atoms with van der Waals surface area (Å²) >= 11 is 0. The van der Waals surface area contributed by atoms with Crippen molar-refractivity contribution in [2.24, 2.45) is 0 Å². The fourth-order valence-electron chi connectivity index (χ4n) is 5.65. The zero-order chi connectivity index (χ0) is 42.3. The highest BCUT2D eigenvalue weighted by Crippen LogP contribution is 2.48. The molecule has 0 bridgehead atoms. The van der Waals surface area contributed by atoms with Crippen LogP contribution in [0.15, 0.2) is 170 Å². The Morgan fingerprint density at radius 3 is 1.19 bits per heavy atom. The van der Waals surface area contributed by atoms with Crippen LogP contribution in [-0.4, -0.2) is 17.0 Å². The smallest absolute Gasteiger partial charge is 0.416 e. The number of hydrogen-bond acceptors (Lipinski definition) is 6. The first-order valence-corrected chi connectivity index (χ1v) is 20.6. The second kappa shape index (κ2) is 17.6. The van der Waals surface area contributed by atoms with Crippen molar-refractivity contribution < 1.29 is 54.6 Å². The van der Waals surface area contributed by atoms with Crippen molar-refractivity contribution in [3.8, 4) is 5.75 Å². The summed E-state index contributed by atoms with van der Waals surface area (Å²) in [5.74, 6) is -0.306. The molecule has 6 nitrogen and oxygen atoms in total. The Hall–Kier alpha value is -6.09. The van der Waals surface area contributed by atoms with Crippen LogP contribution in [-0.2, 0) is 26.3 Å². The van der Waals surface area contributed by atoms with E-state index in [1.54, 1.807) is 67.6 Å². The van der Waals surface area contributed by atoms with Crippen LogP contribution in [0.25, 0.3) is 0 Å². The summed E-state index contributed by atoms with van der Waals surface area (Å²) in [6.45, 7) is 5.09. The number of carbonyl (C=O) groups is 3. The van der Waals surface area contributed by atoms with Crippen LogP contribution in [0.4, 0.5) is 26.3 Å². The maximum atomic E-state index is 14.0. The zero-order valence-corrected chi connectivity index (χ0v) is 32.2. The Balaban J connectivity index is 0.000000223. The quantitative estimate of drug-likeness (QED) is 0.0449. The molecule has 0 amide bonds. The molecule has 0 radical (unpaired) electrons. The Bertz CT molecular complexity index is 2460. The number of ether oxygens (including phenoxy) is 1. The molecule has 6 aromatic carbocycles. The number of alkyl halides is 6. The fraction of sp³-hybridized carbons (Fsp3) is 0.0682. The molecule has 0 saturated heterocycles. The molecule has 0 N–H and O–H groups in total. The fourth-order valence-corrected chi connectivity index (χ4v) is 10.5. The standard InChI is InChI=1S/C22H15F6O2P.C22H17O4P/c1-14-2-10-18(11-3-14)31(30,19-12-8-17(9-13-19)22(26,27)28)20(29)15-4-6-16(7-5-15)21(23,24)25;1-2-21(23)26-18-15-13-17(14-16-18)22(24)27(25,19-9-5-3-6-10-19)20-11-7-4-8-12-20/h2-13H,1H3;2-16H,1H2. The van der Waals surface area contributed by atoms with Crippen molar-refractivity contribution >= 4 is 52.5 Å². The van der Waals surface area contributed by atoms with Gasteiger partial charge in [-0.25, -0.2) is 4.79 Å². The van der Waals surface area contributed by atoms with Gasteiger partial charge in [-0.3, -0.25) is 9.59 Å². The molecule has 14 heteroatoms. The van der Waals surface area contributed by atoms with Gasteiger partial charge >= 0.3 is 18.3 Å². The van der Waals surface area contributed by atoms with Crippen molar-refractivity contribution in [3.63, 3.8) is 0 Å². The first-order valence-electron chi connectivity index (χ1n) is 17.2. The van der Waals surface area contributed by atoms with Crippen molar-refractivity contribution in [1.82, 2.24) is 0 Å². The van der Waals surface area contributed by atoms with Crippen molar-refractivity contribution in [1.29, 1.82) is 0 Å². The minimum Gasteiger partial charge on any atom is -0.423 e. The lowest BCUT2D eigenvalue weighted by Crippen LogP contribution is -2.23. The number of benzene rings is 6. The predicted octanol–water partition coefficient (Wildman–Crippen LogP) is 10.1. The average Bonchev–Trinajstić information content (AvgIpc) is 3.23. The Morgan fingerprint density at radius 2 is 0.828 bits per heavy atom. The van der Waals surface area contributed by atoms with Crippen molar-refractivity contribution in [3.05, 3.63) is 198 Å². The molecule has 0 spiro atoms. The first-order chi connectivity index (χ1) is 27.4. The van der Waals surface area contributed by atoms with Gasteiger partial charge in [-0.15, -0.1) is 0 Å². The molecule has 1 atom stereocenters. The Morgan fingerprint density at radius 1 is 0.500 bits per heavy atom. The van der Waals surface area contributed by atoms with Crippen LogP contribution in [0.3, 0.4) is 0 Å². The van der Waals surface area contributed by atoms with Gasteiger partial charge in [0.15, 0.2) is 0 Å². The van der Waals surface area contributed by atoms with E-state index in [0.717, 1.165) is 48.0 Å². The normalized spacial score (nSPS) is 12.6. The topological polar surface area (TPSA) is 94.6 Å². The van der Waals surface area contributed by atoms with Gasteiger partial charge in [0, 0.05) is 38.4 Å². The molecule has 58 heavy (non-hydrogen) atoms. The number of hydrogen-bond donors (Lipinski definition) is 0. The third-order valence-electron chi connectivity index (χ3n) is 8.71. The first kappa shape index (κ1) is 43.0. The number of halogens is 6. The highest BCUT2D eigenvalue weighted by atomic mass is 31.2. The van der Waals surface area contributed by atoms with E-state index in [-0.39, 0.29) is 27.5 Å². The summed E-state index contributed by atoms with van der Waals surface area (Å²) in [6.07, 6.45) is -8.18. The summed E-state index contributed by atoms with van der Waals surface area (Å²) in [5, 5.41) is 0.878. The van der Waals surface area contributed by atoms with E-state index in [1.807, 2.05) is 12.1 Å². The largest absolute Gasteiger partial charge is 0.423 e. The summed E-state index contributed by atoms with van der Waals surface area (Å²) < 4.78 is 110. The van der Waals surface area contributed by atoms with Crippen molar-refractivity contribution in [2.45, 2.75) is 19.3 Å². The molecular weight excluding hydrogens is 800 g/mol. The SMILES string of the molecule is C=CC(=O)Oc1ccc(C(=O)P(=O)(c2ccccc2)c2ccccc2)cc1.Cc1ccc(P(=O)(C(=O)c2ccc(C(F)(F)F)cc2)c2ccc(C(F)(F)F)cc2)cc1. The van der Waals surface area contributed by atoms with E-state index >= 15 is 0 Å². The molecule has 296 valence electrons. The third kappa shape index (κ3) is 9.53. The lowest BCUT2D eigenvalue weighted by molar-refractivity contribution is -0.138. The minimum absolute atomic E-state index is 0.0720. The molecule has 0 fully saturated rings. The molecule has 0 aliphatic rings. The monoisotopic (exact) mass is 832 g/mol. The van der Waals surface area contributed by atoms with E-state index < -0.39 is 54.8 Å². The zero-order valence-electron chi connectivity index (χ0n) is 30.4. The van der Waals surface area contributed by atoms with Crippen LogP contribution >= 0.6 is 14.3 Å². The van der Waals surface area contributed by atoms with Crippen LogP contribution in [0, 0.1) is 6.92 Å². The number of esters is 1. The van der Waals surface area contributed by atoms with E-state index in [9.17, 15) is 49.9 Å². The summed E-state index contributed by atoms with van der Waals surface area (Å²) in [7, 11) is -7.72. The summed E-state index contributed by atoms with van der Waals surface area (Å²) in [5.41, 5.74) is -2.56. The molecule has 0 heterocycles. The second-order valence-electron chi connectivity index (χ2n) is 12.6. The van der Waals surface area contributed by atoms with Gasteiger partial charge in [-0.2, -0.15) is 26.3 Å². The van der Waals surface area contributed by atoms with E-state index in [4.69, 9.17) is 4.74 Å². The third-order valence-corrected chi connectivity index (χ3v) is 14.5. The highest BCUT2D eigenvalue weighted by Gasteiger charge is 2.39.